The fourth-order valence-electron chi connectivity index (χ4n) is 2.83. The van der Waals surface area contributed by atoms with Crippen molar-refractivity contribution in [3.05, 3.63) is 17.5 Å². The summed E-state index contributed by atoms with van der Waals surface area (Å²) < 4.78 is 40.0. The van der Waals surface area contributed by atoms with E-state index in [0.717, 1.165) is 10.9 Å². The van der Waals surface area contributed by atoms with Crippen LogP contribution in [0.15, 0.2) is 6.20 Å². The summed E-state index contributed by atoms with van der Waals surface area (Å²) in [5.74, 6) is -0.282. The molecule has 0 bridgehead atoms. The van der Waals surface area contributed by atoms with Crippen LogP contribution in [0.25, 0.3) is 0 Å². The summed E-state index contributed by atoms with van der Waals surface area (Å²) in [6, 6.07) is 0.142. The highest BCUT2D eigenvalue weighted by atomic mass is 19.4. The summed E-state index contributed by atoms with van der Waals surface area (Å²) in [5, 5.41) is 3.40. The number of hydrogen-bond donors (Lipinski definition) is 0. The van der Waals surface area contributed by atoms with Crippen LogP contribution in [0.3, 0.4) is 0 Å². The van der Waals surface area contributed by atoms with Gasteiger partial charge in [-0.1, -0.05) is 13.8 Å². The third-order valence-electron chi connectivity index (χ3n) is 4.08. The van der Waals surface area contributed by atoms with Crippen molar-refractivity contribution in [2.24, 2.45) is 13.0 Å². The van der Waals surface area contributed by atoms with E-state index in [1.807, 2.05) is 20.9 Å². The number of amides is 1. The Morgan fingerprint density at radius 1 is 1.32 bits per heavy atom. The first kappa shape index (κ1) is 16.8. The van der Waals surface area contributed by atoms with Gasteiger partial charge in [0.25, 0.3) is 5.91 Å². The van der Waals surface area contributed by atoms with E-state index in [2.05, 4.69) is 10.00 Å². The van der Waals surface area contributed by atoms with E-state index in [1.165, 1.54) is 11.9 Å². The Balaban J connectivity index is 2.26. The average molecular weight is 318 g/mol. The van der Waals surface area contributed by atoms with E-state index >= 15 is 0 Å². The third-order valence-corrected chi connectivity index (χ3v) is 4.08. The van der Waals surface area contributed by atoms with Gasteiger partial charge in [0.1, 0.15) is 0 Å². The molecule has 0 N–H and O–H groups in total. The highest BCUT2D eigenvalue weighted by Crippen LogP contribution is 2.31. The van der Waals surface area contributed by atoms with Crippen LogP contribution in [-0.2, 0) is 13.2 Å². The number of rotatable bonds is 2. The number of nitrogens with zero attached hydrogens (tertiary/aromatic N) is 4. The molecule has 1 atom stereocenters. The first-order chi connectivity index (χ1) is 10.1. The molecule has 1 aromatic heterocycles. The molecule has 1 fully saturated rings. The van der Waals surface area contributed by atoms with Gasteiger partial charge in [-0.25, -0.2) is 0 Å². The number of hydrogen-bond acceptors (Lipinski definition) is 3. The predicted molar refractivity (Wildman–Crippen MR) is 75.4 cm³/mol. The lowest BCUT2D eigenvalue weighted by Gasteiger charge is -2.41. The highest BCUT2D eigenvalue weighted by molar-refractivity contribution is 5.95. The predicted octanol–water partition coefficient (Wildman–Crippen LogP) is 1.85. The van der Waals surface area contributed by atoms with Crippen molar-refractivity contribution in [2.45, 2.75) is 26.1 Å². The third kappa shape index (κ3) is 3.26. The molecule has 0 aliphatic carbocycles. The summed E-state index contributed by atoms with van der Waals surface area (Å²) in [4.78, 5) is 16.1. The van der Waals surface area contributed by atoms with Gasteiger partial charge in [0.2, 0.25) is 0 Å². The number of carbonyl (C=O) groups excluding carboxylic acids is 1. The maximum absolute atomic E-state index is 13.0. The molecule has 2 rings (SSSR count). The highest BCUT2D eigenvalue weighted by Gasteiger charge is 2.40. The lowest BCUT2D eigenvalue weighted by Crippen LogP contribution is -2.55. The lowest BCUT2D eigenvalue weighted by molar-refractivity contribution is -0.141. The van der Waals surface area contributed by atoms with Crippen LogP contribution in [-0.4, -0.2) is 58.2 Å². The van der Waals surface area contributed by atoms with Gasteiger partial charge in [0, 0.05) is 38.9 Å². The minimum Gasteiger partial charge on any atom is -0.336 e. The summed E-state index contributed by atoms with van der Waals surface area (Å²) in [6.07, 6.45) is -3.48. The molecule has 8 heteroatoms. The molecule has 1 unspecified atom stereocenters. The maximum atomic E-state index is 13.0. The molecule has 5 nitrogen and oxygen atoms in total. The number of piperazine rings is 1. The van der Waals surface area contributed by atoms with Crippen molar-refractivity contribution < 1.29 is 18.0 Å². The molecule has 0 saturated carbocycles. The first-order valence-corrected chi connectivity index (χ1v) is 7.21. The van der Waals surface area contributed by atoms with Crippen molar-refractivity contribution in [3.8, 4) is 0 Å². The quantitative estimate of drug-likeness (QED) is 0.836. The smallest absolute Gasteiger partial charge is 0.336 e. The Labute approximate surface area is 127 Å². The second kappa shape index (κ2) is 5.91. The minimum absolute atomic E-state index is 0.142. The fraction of sp³-hybridized carbons (Fsp3) is 0.714. The number of alkyl halides is 3. The first-order valence-electron chi connectivity index (χ1n) is 7.21. The van der Waals surface area contributed by atoms with Crippen LogP contribution >= 0.6 is 0 Å². The van der Waals surface area contributed by atoms with Crippen molar-refractivity contribution >= 4 is 5.91 Å². The molecule has 22 heavy (non-hydrogen) atoms. The van der Waals surface area contributed by atoms with E-state index in [0.29, 0.717) is 25.6 Å². The van der Waals surface area contributed by atoms with Gasteiger partial charge in [-0.05, 0) is 13.0 Å². The normalized spacial score (nSPS) is 20.7. The van der Waals surface area contributed by atoms with Gasteiger partial charge in [0.15, 0.2) is 5.69 Å². The fourth-order valence-corrected chi connectivity index (χ4v) is 2.83. The second-order valence-corrected chi connectivity index (χ2v) is 6.11. The van der Waals surface area contributed by atoms with Crippen molar-refractivity contribution in [2.75, 3.05) is 26.7 Å². The molecule has 1 amide bonds. The average Bonchev–Trinajstić information content (AvgIpc) is 2.80. The zero-order valence-corrected chi connectivity index (χ0v) is 13.2. The van der Waals surface area contributed by atoms with Gasteiger partial charge in [-0.2, -0.15) is 18.3 Å². The largest absolute Gasteiger partial charge is 0.435 e. The van der Waals surface area contributed by atoms with Crippen LogP contribution in [0.1, 0.15) is 29.9 Å². The van der Waals surface area contributed by atoms with Crippen LogP contribution in [0.5, 0.6) is 0 Å². The number of halogens is 3. The second-order valence-electron chi connectivity index (χ2n) is 6.11. The molecular formula is C14H21F3N4O. The van der Waals surface area contributed by atoms with Crippen LogP contribution in [0.2, 0.25) is 0 Å². The maximum Gasteiger partial charge on any atom is 0.435 e. The molecule has 2 heterocycles. The monoisotopic (exact) mass is 318 g/mol. The number of carbonyl (C=O) groups is 1. The zero-order valence-electron chi connectivity index (χ0n) is 13.2. The summed E-state index contributed by atoms with van der Waals surface area (Å²) in [5.41, 5.74) is -1.48. The summed E-state index contributed by atoms with van der Waals surface area (Å²) in [6.45, 7) is 5.58. The molecule has 0 spiro atoms. The Morgan fingerprint density at radius 3 is 2.50 bits per heavy atom. The molecule has 1 saturated heterocycles. The van der Waals surface area contributed by atoms with Crippen molar-refractivity contribution in [1.82, 2.24) is 19.6 Å². The SMILES string of the molecule is CC(C)C1CN(C(=O)c2cn(C)nc2C(F)(F)F)CCN1C. The molecule has 0 aromatic carbocycles. The lowest BCUT2D eigenvalue weighted by atomic mass is 9.99. The standard InChI is InChI=1S/C14H21F3N4O/c1-9(2)11-8-21(6-5-19(11)3)13(22)10-7-20(4)18-12(10)14(15,16)17/h7,9,11H,5-6,8H2,1-4H3. The van der Waals surface area contributed by atoms with Crippen molar-refractivity contribution in [1.29, 1.82) is 0 Å². The van der Waals surface area contributed by atoms with Crippen LogP contribution in [0.4, 0.5) is 13.2 Å². The molecule has 124 valence electrons. The van der Waals surface area contributed by atoms with Gasteiger partial charge >= 0.3 is 6.18 Å². The molecule has 1 aliphatic rings. The van der Waals surface area contributed by atoms with E-state index in [4.69, 9.17) is 0 Å². The number of aromatic nitrogens is 2. The van der Waals surface area contributed by atoms with Crippen molar-refractivity contribution in [3.63, 3.8) is 0 Å². The Morgan fingerprint density at radius 2 is 1.95 bits per heavy atom. The molecule has 1 aromatic rings. The van der Waals surface area contributed by atoms with Gasteiger partial charge in [-0.15, -0.1) is 0 Å². The van der Waals surface area contributed by atoms with Gasteiger partial charge < -0.3 is 4.90 Å². The minimum atomic E-state index is -4.63. The summed E-state index contributed by atoms with van der Waals surface area (Å²) in [7, 11) is 3.35. The van der Waals surface area contributed by atoms with Gasteiger partial charge in [-0.3, -0.25) is 14.4 Å². The molecule has 0 radical (unpaired) electrons. The Kier molecular flexibility index (Phi) is 4.51. The Hall–Kier alpha value is -1.57. The zero-order chi connectivity index (χ0) is 16.7. The van der Waals surface area contributed by atoms with E-state index in [-0.39, 0.29) is 11.6 Å². The topological polar surface area (TPSA) is 41.4 Å². The number of likely N-dealkylation sites (N-methyl/N-ethyl adjacent to an activating group) is 1. The van der Waals surface area contributed by atoms with Crippen LogP contribution in [0, 0.1) is 5.92 Å². The van der Waals surface area contributed by atoms with E-state index in [9.17, 15) is 18.0 Å². The molecule has 1 aliphatic heterocycles. The summed E-state index contributed by atoms with van der Waals surface area (Å²) >= 11 is 0. The van der Waals surface area contributed by atoms with Gasteiger partial charge in [0.05, 0.1) is 5.56 Å². The van der Waals surface area contributed by atoms with E-state index < -0.39 is 17.8 Å². The molecular weight excluding hydrogens is 297 g/mol. The number of aryl methyl sites for hydroxylation is 1. The Bertz CT molecular complexity index is 553. The van der Waals surface area contributed by atoms with Crippen LogP contribution < -0.4 is 0 Å². The van der Waals surface area contributed by atoms with E-state index in [1.54, 1.807) is 0 Å².